The van der Waals surface area contributed by atoms with Crippen LogP contribution in [0.4, 0.5) is 11.4 Å². The van der Waals surface area contributed by atoms with E-state index < -0.39 is 15.8 Å². The minimum Gasteiger partial charge on any atom is -0.490 e. The Bertz CT molecular complexity index is 1160. The molecule has 0 N–H and O–H groups in total. The van der Waals surface area contributed by atoms with E-state index in [1.165, 1.54) is 12.1 Å². The number of hydrogen-bond acceptors (Lipinski definition) is 7. The van der Waals surface area contributed by atoms with Crippen LogP contribution < -0.4 is 4.74 Å². The summed E-state index contributed by atoms with van der Waals surface area (Å²) in [7, 11) is -3.56. The first-order valence-electron chi connectivity index (χ1n) is 9.33. The van der Waals surface area contributed by atoms with Gasteiger partial charge >= 0.3 is 5.97 Å². The number of ether oxygens (including phenoxy) is 2. The third-order valence-corrected chi connectivity index (χ3v) is 5.87. The second-order valence-electron chi connectivity index (χ2n) is 6.22. The first-order chi connectivity index (χ1) is 15.0. The van der Waals surface area contributed by atoms with E-state index in [2.05, 4.69) is 16.8 Å². The van der Waals surface area contributed by atoms with Crippen LogP contribution in [-0.4, -0.2) is 27.6 Å². The highest BCUT2D eigenvalue weighted by Crippen LogP contribution is 2.25. The maximum atomic E-state index is 12.6. The van der Waals surface area contributed by atoms with Crippen LogP contribution in [0.1, 0.15) is 0 Å². The second-order valence-corrected chi connectivity index (χ2v) is 8.17. The lowest BCUT2D eigenvalue weighted by Gasteiger charge is -2.06. The van der Waals surface area contributed by atoms with Crippen molar-refractivity contribution in [2.24, 2.45) is 10.2 Å². The molecule has 3 rings (SSSR count). The summed E-state index contributed by atoms with van der Waals surface area (Å²) in [6.45, 7) is 3.66. The van der Waals surface area contributed by atoms with E-state index in [9.17, 15) is 13.2 Å². The highest BCUT2D eigenvalue weighted by atomic mass is 32.2. The van der Waals surface area contributed by atoms with Crippen LogP contribution in [-0.2, 0) is 19.4 Å². The van der Waals surface area contributed by atoms with Crippen LogP contribution in [0.15, 0.2) is 112 Å². The topological polar surface area (TPSA) is 94.4 Å². The smallest absolute Gasteiger partial charge is 0.330 e. The van der Waals surface area contributed by atoms with Crippen molar-refractivity contribution in [1.82, 2.24) is 0 Å². The van der Waals surface area contributed by atoms with Gasteiger partial charge in [0.05, 0.1) is 21.2 Å². The number of rotatable bonds is 9. The van der Waals surface area contributed by atoms with Crippen molar-refractivity contribution < 1.29 is 22.7 Å². The van der Waals surface area contributed by atoms with E-state index in [1.807, 2.05) is 0 Å². The number of benzene rings is 3. The Kier molecular flexibility index (Phi) is 7.29. The zero-order valence-electron chi connectivity index (χ0n) is 16.5. The van der Waals surface area contributed by atoms with Gasteiger partial charge < -0.3 is 9.47 Å². The molecule has 0 fully saturated rings. The third-order valence-electron chi connectivity index (χ3n) is 4.08. The van der Waals surface area contributed by atoms with Crippen molar-refractivity contribution in [3.8, 4) is 5.75 Å². The maximum Gasteiger partial charge on any atom is 0.330 e. The molecule has 0 saturated carbocycles. The Hall–Kier alpha value is -3.78. The largest absolute Gasteiger partial charge is 0.490 e. The van der Waals surface area contributed by atoms with Crippen LogP contribution in [0.3, 0.4) is 0 Å². The van der Waals surface area contributed by atoms with Crippen molar-refractivity contribution in [1.29, 1.82) is 0 Å². The molecule has 0 spiro atoms. The number of carbonyl (C=O) groups is 1. The molecule has 0 bridgehead atoms. The van der Waals surface area contributed by atoms with Crippen LogP contribution in [0.25, 0.3) is 0 Å². The van der Waals surface area contributed by atoms with Gasteiger partial charge in [-0.05, 0) is 60.7 Å². The standard InChI is InChI=1S/C23H20N2O5S/c1-2-23(26)30-17-16-29-20-12-8-18(9-13-20)24-25-19-10-14-22(15-11-19)31(27,28)21-6-4-3-5-7-21/h2-15H,1,16-17H2/b25-24+. The quantitative estimate of drug-likeness (QED) is 0.203. The zero-order valence-corrected chi connectivity index (χ0v) is 17.4. The summed E-state index contributed by atoms with van der Waals surface area (Å²) >= 11 is 0. The van der Waals surface area contributed by atoms with Crippen molar-refractivity contribution in [3.05, 3.63) is 91.5 Å². The highest BCUT2D eigenvalue weighted by Gasteiger charge is 2.16. The molecule has 0 aliphatic carbocycles. The molecule has 0 amide bonds. The van der Waals surface area contributed by atoms with Crippen LogP contribution >= 0.6 is 0 Å². The van der Waals surface area contributed by atoms with Gasteiger partial charge in [-0.1, -0.05) is 24.8 Å². The summed E-state index contributed by atoms with van der Waals surface area (Å²) in [5.41, 5.74) is 1.13. The molecule has 0 aromatic heterocycles. The first-order valence-corrected chi connectivity index (χ1v) is 10.8. The Labute approximate surface area is 180 Å². The molecular weight excluding hydrogens is 416 g/mol. The van der Waals surface area contributed by atoms with E-state index in [-0.39, 0.29) is 23.0 Å². The zero-order chi connectivity index (χ0) is 22.1. The van der Waals surface area contributed by atoms with Crippen molar-refractivity contribution in [2.45, 2.75) is 9.79 Å². The van der Waals surface area contributed by atoms with Gasteiger partial charge in [0.25, 0.3) is 0 Å². The molecule has 8 heteroatoms. The molecule has 7 nitrogen and oxygen atoms in total. The predicted molar refractivity (Wildman–Crippen MR) is 116 cm³/mol. The number of hydrogen-bond donors (Lipinski definition) is 0. The molecule has 0 radical (unpaired) electrons. The van der Waals surface area contributed by atoms with Gasteiger partial charge in [-0.25, -0.2) is 13.2 Å². The lowest BCUT2D eigenvalue weighted by molar-refractivity contribution is -0.138. The molecule has 0 atom stereocenters. The van der Waals surface area contributed by atoms with E-state index in [0.717, 1.165) is 6.08 Å². The number of nitrogens with zero attached hydrogens (tertiary/aromatic N) is 2. The Morgan fingerprint density at radius 1 is 0.806 bits per heavy atom. The molecule has 0 heterocycles. The normalized spacial score (nSPS) is 11.2. The van der Waals surface area contributed by atoms with Crippen molar-refractivity contribution >= 4 is 27.2 Å². The lowest BCUT2D eigenvalue weighted by Crippen LogP contribution is -2.09. The summed E-state index contributed by atoms with van der Waals surface area (Å²) in [4.78, 5) is 11.4. The minimum absolute atomic E-state index is 0.127. The minimum atomic E-state index is -3.56. The Morgan fingerprint density at radius 2 is 1.35 bits per heavy atom. The summed E-state index contributed by atoms with van der Waals surface area (Å²) in [5.74, 6) is 0.106. The average molecular weight is 436 g/mol. The van der Waals surface area contributed by atoms with Gasteiger partial charge in [-0.15, -0.1) is 0 Å². The third kappa shape index (κ3) is 6.10. The number of carbonyl (C=O) groups excluding carboxylic acids is 1. The highest BCUT2D eigenvalue weighted by molar-refractivity contribution is 7.91. The fourth-order valence-electron chi connectivity index (χ4n) is 2.51. The molecule has 0 unspecified atom stereocenters. The first kappa shape index (κ1) is 21.9. The van der Waals surface area contributed by atoms with Crippen LogP contribution in [0.2, 0.25) is 0 Å². The van der Waals surface area contributed by atoms with Gasteiger partial charge in [-0.3, -0.25) is 0 Å². The van der Waals surface area contributed by atoms with E-state index in [1.54, 1.807) is 66.7 Å². The lowest BCUT2D eigenvalue weighted by atomic mass is 10.3. The van der Waals surface area contributed by atoms with Crippen LogP contribution in [0.5, 0.6) is 5.75 Å². The monoisotopic (exact) mass is 436 g/mol. The van der Waals surface area contributed by atoms with Gasteiger partial charge in [-0.2, -0.15) is 10.2 Å². The fourth-order valence-corrected chi connectivity index (χ4v) is 3.79. The number of azo groups is 1. The number of sulfone groups is 1. The average Bonchev–Trinajstić information content (AvgIpc) is 2.82. The van der Waals surface area contributed by atoms with E-state index in [4.69, 9.17) is 9.47 Å². The van der Waals surface area contributed by atoms with Gasteiger partial charge in [0.2, 0.25) is 9.84 Å². The van der Waals surface area contributed by atoms with E-state index >= 15 is 0 Å². The van der Waals surface area contributed by atoms with E-state index in [0.29, 0.717) is 17.1 Å². The van der Waals surface area contributed by atoms with Crippen LogP contribution in [0, 0.1) is 0 Å². The molecule has 0 saturated heterocycles. The van der Waals surface area contributed by atoms with Crippen molar-refractivity contribution in [3.63, 3.8) is 0 Å². The summed E-state index contributed by atoms with van der Waals surface area (Å²) in [5, 5.41) is 8.27. The Balaban J connectivity index is 1.58. The number of esters is 1. The molecular formula is C23H20N2O5S. The molecule has 0 aliphatic heterocycles. The van der Waals surface area contributed by atoms with Crippen molar-refractivity contribution in [2.75, 3.05) is 13.2 Å². The Morgan fingerprint density at radius 3 is 1.94 bits per heavy atom. The van der Waals surface area contributed by atoms with Gasteiger partial charge in [0.15, 0.2) is 0 Å². The summed E-state index contributed by atoms with van der Waals surface area (Å²) < 4.78 is 35.5. The fraction of sp³-hybridized carbons (Fsp3) is 0.0870. The second kappa shape index (κ2) is 10.3. The van der Waals surface area contributed by atoms with Gasteiger partial charge in [0, 0.05) is 6.08 Å². The molecule has 3 aromatic rings. The molecule has 3 aromatic carbocycles. The maximum absolute atomic E-state index is 12.6. The molecule has 158 valence electrons. The SMILES string of the molecule is C=CC(=O)OCCOc1ccc(/N=N/c2ccc(S(=O)(=O)c3ccccc3)cc2)cc1. The van der Waals surface area contributed by atoms with Gasteiger partial charge in [0.1, 0.15) is 19.0 Å². The summed E-state index contributed by atoms with van der Waals surface area (Å²) in [6, 6.07) is 21.4. The summed E-state index contributed by atoms with van der Waals surface area (Å²) in [6.07, 6.45) is 1.09. The predicted octanol–water partition coefficient (Wildman–Crippen LogP) is 5.04. The molecule has 0 aliphatic rings. The molecule has 31 heavy (non-hydrogen) atoms.